The van der Waals surface area contributed by atoms with Crippen LogP contribution in [0.4, 0.5) is 0 Å². The number of hydrogen-bond acceptors (Lipinski definition) is 4. The van der Waals surface area contributed by atoms with E-state index in [0.29, 0.717) is 19.4 Å². The van der Waals surface area contributed by atoms with E-state index in [0.717, 1.165) is 11.1 Å². The van der Waals surface area contributed by atoms with Gasteiger partial charge in [-0.1, -0.05) is 18.1 Å². The number of benzene rings is 1. The highest BCUT2D eigenvalue weighted by molar-refractivity contribution is 5.84. The molecule has 1 aromatic carbocycles. The number of allylic oxidation sites excluding steroid dienone is 1. The van der Waals surface area contributed by atoms with E-state index in [1.54, 1.807) is 6.08 Å². The average molecular weight is 330 g/mol. The molecule has 1 aliphatic rings. The van der Waals surface area contributed by atoms with Gasteiger partial charge >= 0.3 is 5.97 Å². The van der Waals surface area contributed by atoms with E-state index in [1.807, 2.05) is 31.2 Å². The van der Waals surface area contributed by atoms with Crippen molar-refractivity contribution in [3.8, 4) is 12.3 Å². The fourth-order valence-electron chi connectivity index (χ4n) is 2.94. The lowest BCUT2D eigenvalue weighted by Crippen LogP contribution is -2.36. The molecule has 128 valence electrons. The van der Waals surface area contributed by atoms with Gasteiger partial charge in [-0.15, -0.1) is 6.42 Å². The van der Waals surface area contributed by atoms with Crippen molar-refractivity contribution >= 4 is 5.97 Å². The number of carboxylic acids is 1. The first-order valence-electron chi connectivity index (χ1n) is 8.01. The molecule has 0 aliphatic carbocycles. The van der Waals surface area contributed by atoms with E-state index >= 15 is 0 Å². The van der Waals surface area contributed by atoms with E-state index in [4.69, 9.17) is 21.0 Å². The number of rotatable bonds is 7. The Bertz CT molecular complexity index is 626. The summed E-state index contributed by atoms with van der Waals surface area (Å²) in [7, 11) is 0. The summed E-state index contributed by atoms with van der Waals surface area (Å²) in [5.74, 6) is 1.07. The van der Waals surface area contributed by atoms with E-state index in [1.165, 1.54) is 0 Å². The zero-order valence-corrected chi connectivity index (χ0v) is 13.6. The predicted octanol–water partition coefficient (Wildman–Crippen LogP) is 2.50. The van der Waals surface area contributed by atoms with Crippen LogP contribution in [0.15, 0.2) is 36.1 Å². The number of ether oxygens (including phenoxy) is 2. The fraction of sp³-hybridized carbons (Fsp3) is 0.421. The Morgan fingerprint density at radius 2 is 2.08 bits per heavy atom. The van der Waals surface area contributed by atoms with Gasteiger partial charge in [0.2, 0.25) is 12.0 Å². The Labute approximate surface area is 141 Å². The third-order valence-electron chi connectivity index (χ3n) is 4.08. The number of carbonyl (C=O) groups is 1. The maximum atomic E-state index is 11.4. The lowest BCUT2D eigenvalue weighted by atomic mass is 9.80. The SMILES string of the molecule is C#Cc1ccc([C@H]2C=C(C(=O)O)O[C@@H](OCC)[C@H]2CCCO)cc1. The largest absolute Gasteiger partial charge is 0.475 e. The van der Waals surface area contributed by atoms with Crippen LogP contribution >= 0.6 is 0 Å². The molecular weight excluding hydrogens is 308 g/mol. The minimum atomic E-state index is -1.12. The van der Waals surface area contributed by atoms with Gasteiger partial charge in [0.25, 0.3) is 0 Å². The summed E-state index contributed by atoms with van der Waals surface area (Å²) in [6.45, 7) is 2.31. The average Bonchev–Trinajstić information content (AvgIpc) is 2.60. The van der Waals surface area contributed by atoms with Gasteiger partial charge in [-0.3, -0.25) is 0 Å². The summed E-state index contributed by atoms with van der Waals surface area (Å²) in [6.07, 6.45) is 7.59. The highest BCUT2D eigenvalue weighted by Gasteiger charge is 2.37. The third-order valence-corrected chi connectivity index (χ3v) is 4.08. The molecule has 0 aromatic heterocycles. The van der Waals surface area contributed by atoms with Crippen LogP contribution < -0.4 is 0 Å². The van der Waals surface area contributed by atoms with Gasteiger partial charge in [0.05, 0.1) is 0 Å². The van der Waals surface area contributed by atoms with Crippen molar-refractivity contribution in [2.24, 2.45) is 5.92 Å². The number of aliphatic hydroxyl groups is 1. The molecule has 0 radical (unpaired) electrons. The van der Waals surface area contributed by atoms with Gasteiger partial charge in [-0.25, -0.2) is 4.79 Å². The molecule has 0 bridgehead atoms. The smallest absolute Gasteiger partial charge is 0.370 e. The monoisotopic (exact) mass is 330 g/mol. The molecule has 2 rings (SSSR count). The molecule has 0 spiro atoms. The zero-order chi connectivity index (χ0) is 17.5. The molecule has 1 heterocycles. The van der Waals surface area contributed by atoms with Gasteiger partial charge < -0.3 is 19.7 Å². The van der Waals surface area contributed by atoms with Crippen LogP contribution in [0.5, 0.6) is 0 Å². The van der Waals surface area contributed by atoms with E-state index in [9.17, 15) is 9.90 Å². The molecule has 3 atom stereocenters. The van der Waals surface area contributed by atoms with Crippen LogP contribution in [-0.2, 0) is 14.3 Å². The van der Waals surface area contributed by atoms with Crippen molar-refractivity contribution < 1.29 is 24.5 Å². The fourth-order valence-corrected chi connectivity index (χ4v) is 2.94. The second-order valence-corrected chi connectivity index (χ2v) is 5.60. The van der Waals surface area contributed by atoms with Gasteiger partial charge in [-0.2, -0.15) is 0 Å². The van der Waals surface area contributed by atoms with Crippen LogP contribution in [0.1, 0.15) is 36.8 Å². The summed E-state index contributed by atoms with van der Waals surface area (Å²) in [4.78, 5) is 11.4. The van der Waals surface area contributed by atoms with Crippen LogP contribution in [0, 0.1) is 18.3 Å². The number of terminal acetylenes is 1. The quantitative estimate of drug-likeness (QED) is 0.751. The Morgan fingerprint density at radius 3 is 2.62 bits per heavy atom. The molecule has 1 aliphatic heterocycles. The summed E-state index contributed by atoms with van der Waals surface area (Å²) < 4.78 is 11.1. The standard InChI is InChI=1S/C19H22O5/c1-3-13-7-9-14(10-8-13)16-12-17(18(21)22)24-19(23-4-2)15(16)6-5-11-20/h1,7-10,12,15-16,19-20H,4-6,11H2,2H3,(H,21,22)/t15-,16+,19+/m0/s1. The first-order valence-corrected chi connectivity index (χ1v) is 8.01. The van der Waals surface area contributed by atoms with Crippen LogP contribution in [0.2, 0.25) is 0 Å². The van der Waals surface area contributed by atoms with Gasteiger partial charge in [-0.05, 0) is 43.5 Å². The minimum absolute atomic E-state index is 0.0631. The van der Waals surface area contributed by atoms with Crippen LogP contribution in [-0.4, -0.2) is 35.7 Å². The number of hydrogen-bond donors (Lipinski definition) is 2. The number of aliphatic carboxylic acids is 1. The Morgan fingerprint density at radius 1 is 1.38 bits per heavy atom. The second-order valence-electron chi connectivity index (χ2n) is 5.60. The van der Waals surface area contributed by atoms with Crippen molar-refractivity contribution in [2.75, 3.05) is 13.2 Å². The van der Waals surface area contributed by atoms with Crippen LogP contribution in [0.3, 0.4) is 0 Å². The predicted molar refractivity (Wildman–Crippen MR) is 89.1 cm³/mol. The van der Waals surface area contributed by atoms with Gasteiger partial charge in [0.1, 0.15) is 0 Å². The molecule has 1 aromatic rings. The molecule has 2 N–H and O–H groups in total. The molecule has 24 heavy (non-hydrogen) atoms. The van der Waals surface area contributed by atoms with E-state index in [2.05, 4.69) is 5.92 Å². The minimum Gasteiger partial charge on any atom is -0.475 e. The number of carboxylic acid groups (broad SMARTS) is 1. The molecule has 5 nitrogen and oxygen atoms in total. The Balaban J connectivity index is 2.40. The van der Waals surface area contributed by atoms with Crippen LogP contribution in [0.25, 0.3) is 0 Å². The van der Waals surface area contributed by atoms with Gasteiger partial charge in [0.15, 0.2) is 0 Å². The zero-order valence-electron chi connectivity index (χ0n) is 13.6. The molecule has 0 fully saturated rings. The van der Waals surface area contributed by atoms with Crippen molar-refractivity contribution in [3.63, 3.8) is 0 Å². The first kappa shape index (κ1) is 18.1. The summed E-state index contributed by atoms with van der Waals surface area (Å²) in [5, 5.41) is 18.5. The third kappa shape index (κ3) is 4.16. The highest BCUT2D eigenvalue weighted by atomic mass is 16.7. The molecule has 0 amide bonds. The van der Waals surface area contributed by atoms with Gasteiger partial charge in [0, 0.05) is 30.6 Å². The number of aliphatic hydroxyl groups excluding tert-OH is 1. The summed E-state index contributed by atoms with van der Waals surface area (Å²) >= 11 is 0. The molecular formula is C19H22O5. The maximum Gasteiger partial charge on any atom is 0.370 e. The normalized spacial score (nSPS) is 23.0. The highest BCUT2D eigenvalue weighted by Crippen LogP contribution is 2.39. The summed E-state index contributed by atoms with van der Waals surface area (Å²) in [5.41, 5.74) is 1.71. The first-order chi connectivity index (χ1) is 11.6. The molecule has 0 saturated carbocycles. The molecule has 5 heteroatoms. The lowest BCUT2D eigenvalue weighted by Gasteiger charge is -2.36. The van der Waals surface area contributed by atoms with Crippen molar-refractivity contribution in [1.29, 1.82) is 0 Å². The Kier molecular flexibility index (Phi) is 6.42. The van der Waals surface area contributed by atoms with E-state index < -0.39 is 12.3 Å². The molecule has 0 unspecified atom stereocenters. The summed E-state index contributed by atoms with van der Waals surface area (Å²) in [6, 6.07) is 7.46. The van der Waals surface area contributed by atoms with Crippen molar-refractivity contribution in [2.45, 2.75) is 32.0 Å². The second kappa shape index (κ2) is 8.53. The topological polar surface area (TPSA) is 76.0 Å². The van der Waals surface area contributed by atoms with Crippen molar-refractivity contribution in [3.05, 3.63) is 47.2 Å². The Hall–Kier alpha value is -2.29. The molecule has 0 saturated heterocycles. The maximum absolute atomic E-state index is 11.4. The van der Waals surface area contributed by atoms with E-state index in [-0.39, 0.29) is 24.2 Å². The lowest BCUT2D eigenvalue weighted by molar-refractivity contribution is -0.173. The van der Waals surface area contributed by atoms with Crippen molar-refractivity contribution in [1.82, 2.24) is 0 Å².